The summed E-state index contributed by atoms with van der Waals surface area (Å²) in [5.41, 5.74) is 8.48. The van der Waals surface area contributed by atoms with E-state index in [2.05, 4.69) is 29.6 Å². The van der Waals surface area contributed by atoms with Crippen molar-refractivity contribution in [2.45, 2.75) is 219 Å². The van der Waals surface area contributed by atoms with Gasteiger partial charge in [-0.05, 0) is 12.8 Å². The van der Waals surface area contributed by atoms with Crippen LogP contribution >= 0.6 is 0 Å². The minimum absolute atomic E-state index is 0.0984. The first kappa shape index (κ1) is 44.9. The molecule has 0 heterocycles. The lowest BCUT2D eigenvalue weighted by atomic mass is 10.0. The first-order valence-electron chi connectivity index (χ1n) is 20.6. The van der Waals surface area contributed by atoms with Crippen LogP contribution < -0.4 is 16.5 Å². The standard InChI is InChI=1S/C40H82N4O2/c1-3-5-7-9-11-13-15-17-19-21-23-25-27-29-31-33-35-44(43-38-40(46)42-37-39(41)45)36-34-32-30-28-26-24-22-20-18-16-14-12-10-8-6-4-2/h43H,3-38H2,1-2H3,(H2,41,45)(H,42,46). The number of primary amides is 1. The van der Waals surface area contributed by atoms with Crippen LogP contribution in [0.25, 0.3) is 0 Å². The van der Waals surface area contributed by atoms with Crippen LogP contribution in [0.3, 0.4) is 0 Å². The maximum atomic E-state index is 12.1. The van der Waals surface area contributed by atoms with Crippen molar-refractivity contribution >= 4 is 11.8 Å². The average Bonchev–Trinajstić information content (AvgIpc) is 3.05. The highest BCUT2D eigenvalue weighted by molar-refractivity contribution is 5.84. The molecule has 0 radical (unpaired) electrons. The van der Waals surface area contributed by atoms with E-state index in [1.54, 1.807) is 0 Å². The van der Waals surface area contributed by atoms with Crippen molar-refractivity contribution < 1.29 is 9.59 Å². The van der Waals surface area contributed by atoms with Gasteiger partial charge in [0.05, 0.1) is 13.1 Å². The topological polar surface area (TPSA) is 87.5 Å². The van der Waals surface area contributed by atoms with E-state index in [1.165, 1.54) is 193 Å². The number of rotatable bonds is 39. The fourth-order valence-corrected chi connectivity index (χ4v) is 6.40. The number of unbranched alkanes of at least 4 members (excludes halogenated alkanes) is 30. The van der Waals surface area contributed by atoms with Gasteiger partial charge in [-0.25, -0.2) is 10.4 Å². The molecule has 2 amide bonds. The normalized spacial score (nSPS) is 11.5. The van der Waals surface area contributed by atoms with Gasteiger partial charge in [-0.1, -0.05) is 206 Å². The van der Waals surface area contributed by atoms with Crippen molar-refractivity contribution in [3.8, 4) is 0 Å². The Bertz CT molecular complexity index is 594. The van der Waals surface area contributed by atoms with E-state index in [-0.39, 0.29) is 19.0 Å². The summed E-state index contributed by atoms with van der Waals surface area (Å²) in [5, 5.41) is 4.82. The molecule has 0 aromatic carbocycles. The molecule has 0 aromatic heterocycles. The van der Waals surface area contributed by atoms with Gasteiger partial charge in [-0.15, -0.1) is 0 Å². The lowest BCUT2D eigenvalue weighted by Crippen LogP contribution is -2.46. The van der Waals surface area contributed by atoms with Crippen LogP contribution in [0.1, 0.15) is 219 Å². The number of nitrogens with one attached hydrogen (secondary N) is 2. The van der Waals surface area contributed by atoms with Crippen molar-refractivity contribution in [2.24, 2.45) is 5.73 Å². The van der Waals surface area contributed by atoms with Crippen molar-refractivity contribution in [1.82, 2.24) is 15.8 Å². The van der Waals surface area contributed by atoms with E-state index in [0.29, 0.717) is 0 Å². The number of carbonyl (C=O) groups is 2. The van der Waals surface area contributed by atoms with Gasteiger partial charge >= 0.3 is 0 Å². The molecule has 0 saturated heterocycles. The number of hydrogen-bond donors (Lipinski definition) is 3. The van der Waals surface area contributed by atoms with Gasteiger partial charge in [0, 0.05) is 13.1 Å². The highest BCUT2D eigenvalue weighted by Gasteiger charge is 2.08. The molecule has 274 valence electrons. The van der Waals surface area contributed by atoms with E-state index in [1.807, 2.05) is 0 Å². The number of amides is 2. The van der Waals surface area contributed by atoms with Gasteiger partial charge in [0.1, 0.15) is 0 Å². The second-order valence-corrected chi connectivity index (χ2v) is 14.2. The largest absolute Gasteiger partial charge is 0.368 e. The van der Waals surface area contributed by atoms with Gasteiger partial charge in [0.15, 0.2) is 0 Å². The Morgan fingerprint density at radius 3 is 0.935 bits per heavy atom. The average molecular weight is 651 g/mol. The molecule has 46 heavy (non-hydrogen) atoms. The van der Waals surface area contributed by atoms with Crippen molar-refractivity contribution in [3.05, 3.63) is 0 Å². The van der Waals surface area contributed by atoms with Crippen LogP contribution in [-0.2, 0) is 9.59 Å². The van der Waals surface area contributed by atoms with E-state index in [0.717, 1.165) is 25.9 Å². The maximum absolute atomic E-state index is 12.1. The van der Waals surface area contributed by atoms with Gasteiger partial charge in [-0.2, -0.15) is 0 Å². The Balaban J connectivity index is 3.85. The van der Waals surface area contributed by atoms with Gasteiger partial charge in [0.2, 0.25) is 11.8 Å². The SMILES string of the molecule is CCCCCCCCCCCCCCCCCCN(CCCCCCCCCCCCCCCCCC)NCC(=O)NCC(N)=O. The molecule has 0 saturated carbocycles. The van der Waals surface area contributed by atoms with Crippen LogP contribution in [-0.4, -0.2) is 43.0 Å². The fourth-order valence-electron chi connectivity index (χ4n) is 6.40. The Kier molecular flexibility index (Phi) is 37.4. The van der Waals surface area contributed by atoms with Crippen LogP contribution in [0.2, 0.25) is 0 Å². The minimum atomic E-state index is -0.508. The minimum Gasteiger partial charge on any atom is -0.368 e. The van der Waals surface area contributed by atoms with E-state index < -0.39 is 5.91 Å². The number of nitrogens with zero attached hydrogens (tertiary/aromatic N) is 1. The van der Waals surface area contributed by atoms with Gasteiger partial charge in [-0.3, -0.25) is 9.59 Å². The van der Waals surface area contributed by atoms with Crippen molar-refractivity contribution in [3.63, 3.8) is 0 Å². The second kappa shape index (κ2) is 38.3. The third-order valence-corrected chi connectivity index (χ3v) is 9.49. The van der Waals surface area contributed by atoms with Crippen LogP contribution in [0, 0.1) is 0 Å². The number of carbonyl (C=O) groups excluding carboxylic acids is 2. The highest BCUT2D eigenvalue weighted by atomic mass is 16.2. The zero-order chi connectivity index (χ0) is 33.6. The van der Waals surface area contributed by atoms with E-state index >= 15 is 0 Å². The third-order valence-electron chi connectivity index (χ3n) is 9.49. The molecular weight excluding hydrogens is 568 g/mol. The molecular formula is C40H82N4O2. The van der Waals surface area contributed by atoms with E-state index in [4.69, 9.17) is 5.73 Å². The van der Waals surface area contributed by atoms with Gasteiger partial charge in [0.25, 0.3) is 0 Å². The molecule has 4 N–H and O–H groups in total. The molecule has 0 unspecified atom stereocenters. The summed E-state index contributed by atoms with van der Waals surface area (Å²) in [7, 11) is 0. The lowest BCUT2D eigenvalue weighted by Gasteiger charge is -2.23. The lowest BCUT2D eigenvalue weighted by molar-refractivity contribution is -0.124. The monoisotopic (exact) mass is 651 g/mol. The number of nitrogens with two attached hydrogens (primary N) is 1. The smallest absolute Gasteiger partial charge is 0.236 e. The first-order chi connectivity index (χ1) is 22.6. The first-order valence-corrected chi connectivity index (χ1v) is 20.6. The van der Waals surface area contributed by atoms with E-state index in [9.17, 15) is 9.59 Å². The summed E-state index contributed by atoms with van der Waals surface area (Å²) < 4.78 is 0. The summed E-state index contributed by atoms with van der Waals surface area (Å²) in [6.07, 6.45) is 44.0. The molecule has 6 heteroatoms. The Hall–Kier alpha value is -1.14. The summed E-state index contributed by atoms with van der Waals surface area (Å²) in [6, 6.07) is 0. The van der Waals surface area contributed by atoms with Crippen LogP contribution in [0.4, 0.5) is 0 Å². The highest BCUT2D eigenvalue weighted by Crippen LogP contribution is 2.15. The summed E-state index contributed by atoms with van der Waals surface area (Å²) in [4.78, 5) is 23.1. The predicted octanol–water partition coefficient (Wildman–Crippen LogP) is 10.9. The number of hydrazine groups is 1. The van der Waals surface area contributed by atoms with Crippen molar-refractivity contribution in [1.29, 1.82) is 0 Å². The van der Waals surface area contributed by atoms with Crippen LogP contribution in [0.15, 0.2) is 0 Å². The quantitative estimate of drug-likeness (QED) is 0.0456. The van der Waals surface area contributed by atoms with Crippen molar-refractivity contribution in [2.75, 3.05) is 26.2 Å². The Labute approximate surface area is 287 Å². The molecule has 0 fully saturated rings. The van der Waals surface area contributed by atoms with Gasteiger partial charge < -0.3 is 11.1 Å². The maximum Gasteiger partial charge on any atom is 0.236 e. The summed E-state index contributed by atoms with van der Waals surface area (Å²) >= 11 is 0. The van der Waals surface area contributed by atoms with Crippen LogP contribution in [0.5, 0.6) is 0 Å². The predicted molar refractivity (Wildman–Crippen MR) is 201 cm³/mol. The molecule has 0 bridgehead atoms. The zero-order valence-corrected chi connectivity index (χ0v) is 31.3. The third kappa shape index (κ3) is 37.3. The molecule has 0 aliphatic heterocycles. The Morgan fingerprint density at radius 2 is 0.674 bits per heavy atom. The molecule has 0 aliphatic carbocycles. The molecule has 0 spiro atoms. The molecule has 0 aliphatic rings. The molecule has 0 atom stereocenters. The Morgan fingerprint density at radius 1 is 0.413 bits per heavy atom. The fraction of sp³-hybridized carbons (Fsp3) is 0.950. The second-order valence-electron chi connectivity index (χ2n) is 14.2. The molecule has 0 rings (SSSR count). The molecule has 0 aromatic rings. The summed E-state index contributed by atoms with van der Waals surface area (Å²) in [5.74, 6) is -0.686. The molecule has 6 nitrogen and oxygen atoms in total. The number of hydrogen-bond acceptors (Lipinski definition) is 4. The summed E-state index contributed by atoms with van der Waals surface area (Å²) in [6.45, 7) is 6.62. The zero-order valence-electron chi connectivity index (χ0n) is 31.3.